The average Bonchev–Trinajstić information content (AvgIpc) is 2.84. The lowest BCUT2D eigenvalue weighted by atomic mass is 10.0. The van der Waals surface area contributed by atoms with Crippen LogP contribution in [0.5, 0.6) is 0 Å². The zero-order chi connectivity index (χ0) is 18.8. The first kappa shape index (κ1) is 19.3. The number of hydrogen-bond donors (Lipinski definition) is 3. The van der Waals surface area contributed by atoms with Gasteiger partial charge >= 0.3 is 0 Å². The molecule has 0 aliphatic carbocycles. The number of amides is 1. The van der Waals surface area contributed by atoms with Crippen molar-refractivity contribution in [3.05, 3.63) is 35.4 Å². The van der Waals surface area contributed by atoms with Gasteiger partial charge in [0.15, 0.2) is 16.4 Å². The number of hydrogen-bond acceptors (Lipinski definition) is 3. The van der Waals surface area contributed by atoms with Gasteiger partial charge in [0.1, 0.15) is 32.7 Å². The van der Waals surface area contributed by atoms with Gasteiger partial charge in [0, 0.05) is 5.56 Å². The zero-order valence-corrected chi connectivity index (χ0v) is 16.6. The molecule has 3 rings (SSSR count). The van der Waals surface area contributed by atoms with Crippen LogP contribution in [0.15, 0.2) is 24.3 Å². The van der Waals surface area contributed by atoms with Gasteiger partial charge in [0.05, 0.1) is 17.0 Å². The summed E-state index contributed by atoms with van der Waals surface area (Å²) >= 11 is 0. The molecule has 0 bridgehead atoms. The molecule has 2 heterocycles. The monoisotopic (exact) mass is 381 g/mol. The van der Waals surface area contributed by atoms with Gasteiger partial charge in [-0.05, 0) is 25.8 Å². The van der Waals surface area contributed by atoms with Gasteiger partial charge in [-0.25, -0.2) is 8.42 Å². The molecule has 2 aliphatic rings. The third-order valence-corrected chi connectivity index (χ3v) is 7.62. The smallest absolute Gasteiger partial charge is 0.275 e. The minimum atomic E-state index is -3.00. The van der Waals surface area contributed by atoms with Crippen LogP contribution in [-0.4, -0.2) is 64.1 Å². The molecule has 0 aromatic heterocycles. The second kappa shape index (κ2) is 7.66. The Bertz CT molecular complexity index is 757. The van der Waals surface area contributed by atoms with E-state index in [1.807, 2.05) is 6.92 Å². The number of nitrogens with one attached hydrogen (secondary N) is 3. The predicted molar refractivity (Wildman–Crippen MR) is 101 cm³/mol. The van der Waals surface area contributed by atoms with Gasteiger partial charge in [-0.1, -0.05) is 24.3 Å². The highest BCUT2D eigenvalue weighted by Gasteiger charge is 2.40. The van der Waals surface area contributed by atoms with Crippen LogP contribution < -0.4 is 15.1 Å². The third-order valence-electron chi connectivity index (χ3n) is 5.72. The average molecular weight is 382 g/mol. The number of carbonyl (C=O) groups is 1. The summed E-state index contributed by atoms with van der Waals surface area (Å²) in [5, 5.41) is 2.97. The Labute approximate surface area is 156 Å². The van der Waals surface area contributed by atoms with E-state index in [0.29, 0.717) is 13.0 Å². The number of quaternary nitrogens is 2. The Morgan fingerprint density at radius 3 is 2.42 bits per heavy atom. The Hall–Kier alpha value is -1.44. The molecule has 0 unspecified atom stereocenters. The molecule has 26 heavy (non-hydrogen) atoms. The van der Waals surface area contributed by atoms with Crippen LogP contribution >= 0.6 is 0 Å². The maximum atomic E-state index is 12.4. The molecule has 0 spiro atoms. The lowest BCUT2D eigenvalue weighted by Gasteiger charge is -2.31. The highest BCUT2D eigenvalue weighted by Crippen LogP contribution is 2.22. The van der Waals surface area contributed by atoms with Crippen molar-refractivity contribution in [3.8, 4) is 0 Å². The van der Waals surface area contributed by atoms with Gasteiger partial charge in [-0.2, -0.15) is 0 Å². The molecule has 0 radical (unpaired) electrons. The normalized spacial score (nSPS) is 30.8. The van der Waals surface area contributed by atoms with E-state index in [4.69, 9.17) is 0 Å². The molecular weight excluding hydrogens is 350 g/mol. The van der Waals surface area contributed by atoms with E-state index in [2.05, 4.69) is 36.5 Å². The highest BCUT2D eigenvalue weighted by molar-refractivity contribution is 7.91. The van der Waals surface area contributed by atoms with Crippen molar-refractivity contribution >= 4 is 15.7 Å². The Balaban J connectivity index is 1.44. The van der Waals surface area contributed by atoms with Crippen molar-refractivity contribution in [2.75, 3.05) is 44.2 Å². The van der Waals surface area contributed by atoms with E-state index in [9.17, 15) is 13.2 Å². The number of carbonyl (C=O) groups excluding carboxylic acids is 1. The molecule has 1 amide bonds. The molecule has 1 atom stereocenters. The molecule has 0 saturated carbocycles. The Morgan fingerprint density at radius 2 is 1.81 bits per heavy atom. The van der Waals surface area contributed by atoms with Crippen LogP contribution in [0.1, 0.15) is 24.5 Å². The van der Waals surface area contributed by atoms with E-state index >= 15 is 0 Å². The fraction of sp³-hybridized carbons (Fsp3) is 0.632. The maximum Gasteiger partial charge on any atom is 0.275 e. The van der Waals surface area contributed by atoms with E-state index < -0.39 is 15.4 Å². The van der Waals surface area contributed by atoms with Crippen LogP contribution in [0.3, 0.4) is 0 Å². The van der Waals surface area contributed by atoms with E-state index in [1.165, 1.54) is 16.0 Å². The second-order valence-electron chi connectivity index (χ2n) is 8.23. The predicted octanol–water partition coefficient (Wildman–Crippen LogP) is -2.03. The van der Waals surface area contributed by atoms with Crippen molar-refractivity contribution in [2.24, 2.45) is 0 Å². The van der Waals surface area contributed by atoms with Crippen molar-refractivity contribution < 1.29 is 23.0 Å². The largest absolute Gasteiger partial charge is 0.345 e. The quantitative estimate of drug-likeness (QED) is 0.551. The van der Waals surface area contributed by atoms with Crippen LogP contribution in [0.4, 0.5) is 0 Å². The molecule has 144 valence electrons. The van der Waals surface area contributed by atoms with Crippen molar-refractivity contribution in [1.82, 2.24) is 5.32 Å². The van der Waals surface area contributed by atoms with E-state index in [-0.39, 0.29) is 17.4 Å². The van der Waals surface area contributed by atoms with Crippen LogP contribution in [-0.2, 0) is 21.2 Å². The molecule has 3 N–H and O–H groups in total. The lowest BCUT2D eigenvalue weighted by molar-refractivity contribution is -1.02. The van der Waals surface area contributed by atoms with Gasteiger partial charge in [0.25, 0.3) is 5.91 Å². The topological polar surface area (TPSA) is 72.1 Å². The molecule has 1 aromatic carbocycles. The molecule has 2 fully saturated rings. The lowest BCUT2D eigenvalue weighted by Crippen LogP contribution is -3.28. The number of piperazine rings is 1. The molecule has 1 aromatic rings. The molecular formula is C19H31N3O3S+2. The summed E-state index contributed by atoms with van der Waals surface area (Å²) < 4.78 is 23.3. The number of sulfone groups is 1. The molecule has 2 saturated heterocycles. The van der Waals surface area contributed by atoms with Crippen molar-refractivity contribution in [1.29, 1.82) is 0 Å². The summed E-state index contributed by atoms with van der Waals surface area (Å²) in [7, 11) is -3.00. The van der Waals surface area contributed by atoms with Gasteiger partial charge in [-0.15, -0.1) is 0 Å². The minimum Gasteiger partial charge on any atom is -0.345 e. The number of aryl methyl sites for hydroxylation is 1. The van der Waals surface area contributed by atoms with E-state index in [0.717, 1.165) is 32.7 Å². The standard InChI is InChI=1S/C19H29N3O3S/c1-16-5-3-4-6-17(16)13-21-8-10-22(11-9-21)14-18(23)20-19(2)7-12-26(24,25)15-19/h3-6H,7-15H2,1-2H3,(H,20,23)/p+2/t19-/m1/s1. The first-order valence-electron chi connectivity index (χ1n) is 9.48. The van der Waals surface area contributed by atoms with Crippen molar-refractivity contribution in [3.63, 3.8) is 0 Å². The summed E-state index contributed by atoms with van der Waals surface area (Å²) in [5.74, 6) is 0.217. The summed E-state index contributed by atoms with van der Waals surface area (Å²) in [6, 6.07) is 8.53. The van der Waals surface area contributed by atoms with Crippen LogP contribution in [0.25, 0.3) is 0 Å². The molecule has 7 heteroatoms. The van der Waals surface area contributed by atoms with Gasteiger partial charge in [-0.3, -0.25) is 4.79 Å². The first-order chi connectivity index (χ1) is 12.2. The summed E-state index contributed by atoms with van der Waals surface area (Å²) in [5.41, 5.74) is 2.15. The van der Waals surface area contributed by atoms with E-state index in [1.54, 1.807) is 4.90 Å². The molecule has 2 aliphatic heterocycles. The zero-order valence-electron chi connectivity index (χ0n) is 15.8. The van der Waals surface area contributed by atoms with Crippen molar-refractivity contribution in [2.45, 2.75) is 32.4 Å². The Morgan fingerprint density at radius 1 is 1.15 bits per heavy atom. The number of benzene rings is 1. The van der Waals surface area contributed by atoms with Crippen LogP contribution in [0, 0.1) is 6.92 Å². The summed E-state index contributed by atoms with van der Waals surface area (Å²) in [6.45, 7) is 9.55. The minimum absolute atomic E-state index is 0.0260. The highest BCUT2D eigenvalue weighted by atomic mass is 32.2. The van der Waals surface area contributed by atoms with Crippen LogP contribution in [0.2, 0.25) is 0 Å². The molecule has 6 nitrogen and oxygen atoms in total. The number of rotatable bonds is 5. The fourth-order valence-corrected chi connectivity index (χ4v) is 6.20. The van der Waals surface area contributed by atoms with Gasteiger partial charge < -0.3 is 15.1 Å². The SMILES string of the molecule is Cc1ccccc1C[NH+]1CC[NH+](CC(=O)N[C@]2(C)CCS(=O)(=O)C2)CC1. The first-order valence-corrected chi connectivity index (χ1v) is 11.3. The Kier molecular flexibility index (Phi) is 5.69. The van der Waals surface area contributed by atoms with Gasteiger partial charge in [0.2, 0.25) is 0 Å². The summed E-state index contributed by atoms with van der Waals surface area (Å²) in [6.07, 6.45) is 0.519. The fourth-order valence-electron chi connectivity index (χ4n) is 4.11. The summed E-state index contributed by atoms with van der Waals surface area (Å²) in [4.78, 5) is 15.2. The third kappa shape index (κ3) is 5.05. The maximum absolute atomic E-state index is 12.4. The second-order valence-corrected chi connectivity index (χ2v) is 10.4.